The van der Waals surface area contributed by atoms with E-state index in [9.17, 15) is 4.39 Å². The van der Waals surface area contributed by atoms with E-state index in [4.69, 9.17) is 0 Å². The number of fused-ring (bicyclic) bond motifs is 1. The van der Waals surface area contributed by atoms with E-state index >= 15 is 0 Å². The molecule has 2 fully saturated rings. The van der Waals surface area contributed by atoms with Crippen LogP contribution in [0.1, 0.15) is 56.1 Å². The molecule has 1 heteroatoms. The maximum absolute atomic E-state index is 14.8. The normalized spacial score (nSPS) is 25.8. The molecule has 0 nitrogen and oxygen atoms in total. The van der Waals surface area contributed by atoms with Crippen molar-refractivity contribution in [2.45, 2.75) is 51.9 Å². The van der Waals surface area contributed by atoms with Crippen LogP contribution in [0.3, 0.4) is 0 Å². The zero-order valence-electron chi connectivity index (χ0n) is 18.1. The van der Waals surface area contributed by atoms with Crippen LogP contribution >= 0.6 is 0 Å². The van der Waals surface area contributed by atoms with E-state index in [1.165, 1.54) is 43.2 Å². The van der Waals surface area contributed by atoms with E-state index in [1.807, 2.05) is 43.3 Å². The maximum atomic E-state index is 14.8. The van der Waals surface area contributed by atoms with Crippen molar-refractivity contribution >= 4 is 0 Å². The minimum atomic E-state index is -0.158. The molecule has 0 bridgehead atoms. The van der Waals surface area contributed by atoms with Crippen LogP contribution in [0.5, 0.6) is 0 Å². The van der Waals surface area contributed by atoms with Crippen LogP contribution in [0.4, 0.5) is 4.39 Å². The van der Waals surface area contributed by atoms with Gasteiger partial charge in [0.05, 0.1) is 0 Å². The van der Waals surface area contributed by atoms with E-state index in [-0.39, 0.29) is 5.82 Å². The first-order valence-corrected chi connectivity index (χ1v) is 11.6. The summed E-state index contributed by atoms with van der Waals surface area (Å²) in [6, 6.07) is 22.6. The van der Waals surface area contributed by atoms with Gasteiger partial charge in [0.25, 0.3) is 0 Å². The van der Waals surface area contributed by atoms with Crippen LogP contribution < -0.4 is 0 Å². The molecule has 2 aliphatic rings. The summed E-state index contributed by atoms with van der Waals surface area (Å²) in [5, 5.41) is 0. The molecule has 3 aromatic carbocycles. The van der Waals surface area contributed by atoms with Gasteiger partial charge >= 0.3 is 0 Å². The molecule has 0 aromatic heterocycles. The molecule has 0 N–H and O–H groups in total. The number of hydrogen-bond donors (Lipinski definition) is 0. The molecule has 4 atom stereocenters. The SMILES string of the molecule is Cc1ccc(-c2ccc(-c3ccc(C4CC5CCC(C)CCC54)cc3)cc2F)cc1. The quantitative estimate of drug-likeness (QED) is 0.415. The van der Waals surface area contributed by atoms with E-state index in [1.54, 1.807) is 6.07 Å². The predicted octanol–water partition coefficient (Wildman–Crippen LogP) is 8.40. The largest absolute Gasteiger partial charge is 0.206 e. The average Bonchev–Trinajstić information content (AvgIpc) is 2.87. The van der Waals surface area contributed by atoms with E-state index in [0.717, 1.165) is 40.4 Å². The number of rotatable bonds is 3. The van der Waals surface area contributed by atoms with Gasteiger partial charge in [-0.25, -0.2) is 4.39 Å². The van der Waals surface area contributed by atoms with Gasteiger partial charge in [0.15, 0.2) is 0 Å². The molecule has 154 valence electrons. The van der Waals surface area contributed by atoms with Crippen molar-refractivity contribution in [1.82, 2.24) is 0 Å². The minimum absolute atomic E-state index is 0.158. The molecular formula is C29H31F. The van der Waals surface area contributed by atoms with Gasteiger partial charge in [0.2, 0.25) is 0 Å². The van der Waals surface area contributed by atoms with E-state index < -0.39 is 0 Å². The predicted molar refractivity (Wildman–Crippen MR) is 124 cm³/mol. The summed E-state index contributed by atoms with van der Waals surface area (Å²) in [4.78, 5) is 0. The Labute approximate surface area is 180 Å². The monoisotopic (exact) mass is 398 g/mol. The molecule has 4 unspecified atom stereocenters. The van der Waals surface area contributed by atoms with Gasteiger partial charge in [-0.15, -0.1) is 0 Å². The summed E-state index contributed by atoms with van der Waals surface area (Å²) < 4.78 is 14.8. The zero-order chi connectivity index (χ0) is 20.7. The summed E-state index contributed by atoms with van der Waals surface area (Å²) in [6.45, 7) is 4.46. The number of aryl methyl sites for hydroxylation is 1. The van der Waals surface area contributed by atoms with Gasteiger partial charge in [-0.2, -0.15) is 0 Å². The highest BCUT2D eigenvalue weighted by molar-refractivity contribution is 5.71. The van der Waals surface area contributed by atoms with Crippen LogP contribution in [-0.4, -0.2) is 0 Å². The van der Waals surface area contributed by atoms with Crippen LogP contribution in [0.25, 0.3) is 22.3 Å². The summed E-state index contributed by atoms with van der Waals surface area (Å²) in [6.07, 6.45) is 6.98. The van der Waals surface area contributed by atoms with Gasteiger partial charge in [-0.3, -0.25) is 0 Å². The number of hydrogen-bond acceptors (Lipinski definition) is 0. The smallest absolute Gasteiger partial charge is 0.131 e. The third kappa shape index (κ3) is 3.71. The van der Waals surface area contributed by atoms with Crippen LogP contribution in [0.15, 0.2) is 66.7 Å². The van der Waals surface area contributed by atoms with E-state index in [0.29, 0.717) is 5.56 Å². The highest BCUT2D eigenvalue weighted by Crippen LogP contribution is 2.54. The Morgan fingerprint density at radius 3 is 2.13 bits per heavy atom. The zero-order valence-corrected chi connectivity index (χ0v) is 18.1. The third-order valence-corrected chi connectivity index (χ3v) is 7.71. The van der Waals surface area contributed by atoms with Crippen molar-refractivity contribution in [2.24, 2.45) is 17.8 Å². The van der Waals surface area contributed by atoms with Gasteiger partial charge < -0.3 is 0 Å². The Hall–Kier alpha value is -2.41. The molecule has 0 radical (unpaired) electrons. The van der Waals surface area contributed by atoms with Crippen molar-refractivity contribution in [3.8, 4) is 22.3 Å². The molecular weight excluding hydrogens is 367 g/mol. The molecule has 3 aromatic rings. The topological polar surface area (TPSA) is 0 Å². The molecule has 0 heterocycles. The Bertz CT molecular complexity index is 1020. The molecule has 0 amide bonds. The fraction of sp³-hybridized carbons (Fsp3) is 0.379. The van der Waals surface area contributed by atoms with Crippen LogP contribution in [-0.2, 0) is 0 Å². The lowest BCUT2D eigenvalue weighted by Crippen LogP contribution is -2.34. The number of benzene rings is 3. The van der Waals surface area contributed by atoms with E-state index in [2.05, 4.69) is 31.2 Å². The molecule has 0 saturated heterocycles. The lowest BCUT2D eigenvalue weighted by molar-refractivity contribution is 0.122. The third-order valence-electron chi connectivity index (χ3n) is 7.71. The Balaban J connectivity index is 1.33. The standard InChI is InChI=1S/C29H31F/c1-19-3-7-22(8-4-19)27-16-14-24(18-29(27)30)21-10-12-23(13-11-21)28-17-25-9-5-20(2)6-15-26(25)28/h3-4,7-8,10-14,16,18,20,25-26,28H,5-6,9,15,17H2,1-2H3. The lowest BCUT2D eigenvalue weighted by Gasteiger charge is -2.44. The Kier molecular flexibility index (Phi) is 5.23. The second-order valence-electron chi connectivity index (χ2n) is 9.71. The summed E-state index contributed by atoms with van der Waals surface area (Å²) in [5.74, 6) is 3.30. The van der Waals surface area contributed by atoms with Crippen LogP contribution in [0, 0.1) is 30.5 Å². The van der Waals surface area contributed by atoms with Crippen molar-refractivity contribution in [3.05, 3.63) is 83.7 Å². The average molecular weight is 399 g/mol. The fourth-order valence-corrected chi connectivity index (χ4v) is 5.67. The Morgan fingerprint density at radius 1 is 0.733 bits per heavy atom. The molecule has 2 aliphatic carbocycles. The first-order chi connectivity index (χ1) is 14.6. The summed E-state index contributed by atoms with van der Waals surface area (Å²) in [5.41, 5.74) is 6.30. The van der Waals surface area contributed by atoms with Gasteiger partial charge in [0.1, 0.15) is 5.82 Å². The lowest BCUT2D eigenvalue weighted by atomic mass is 9.60. The fourth-order valence-electron chi connectivity index (χ4n) is 5.67. The molecule has 5 rings (SSSR count). The van der Waals surface area contributed by atoms with Gasteiger partial charge in [-0.05, 0) is 78.2 Å². The molecule has 0 spiro atoms. The summed E-state index contributed by atoms with van der Waals surface area (Å²) in [7, 11) is 0. The second-order valence-corrected chi connectivity index (χ2v) is 9.71. The van der Waals surface area contributed by atoms with Crippen molar-refractivity contribution < 1.29 is 4.39 Å². The van der Waals surface area contributed by atoms with Gasteiger partial charge in [-0.1, -0.05) is 86.0 Å². The summed E-state index contributed by atoms with van der Waals surface area (Å²) >= 11 is 0. The van der Waals surface area contributed by atoms with Crippen molar-refractivity contribution in [3.63, 3.8) is 0 Å². The highest BCUT2D eigenvalue weighted by atomic mass is 19.1. The highest BCUT2D eigenvalue weighted by Gasteiger charge is 2.42. The number of halogens is 1. The molecule has 0 aliphatic heterocycles. The van der Waals surface area contributed by atoms with Gasteiger partial charge in [0, 0.05) is 5.56 Å². The Morgan fingerprint density at radius 2 is 1.40 bits per heavy atom. The van der Waals surface area contributed by atoms with Crippen molar-refractivity contribution in [2.75, 3.05) is 0 Å². The minimum Gasteiger partial charge on any atom is -0.206 e. The molecule has 2 saturated carbocycles. The van der Waals surface area contributed by atoms with Crippen molar-refractivity contribution in [1.29, 1.82) is 0 Å². The van der Waals surface area contributed by atoms with Crippen LogP contribution in [0.2, 0.25) is 0 Å². The second kappa shape index (κ2) is 8.02. The first kappa shape index (κ1) is 19.5. The first-order valence-electron chi connectivity index (χ1n) is 11.6. The maximum Gasteiger partial charge on any atom is 0.131 e. The molecule has 30 heavy (non-hydrogen) atoms.